The second-order valence-electron chi connectivity index (χ2n) is 7.02. The summed E-state index contributed by atoms with van der Waals surface area (Å²) in [7, 11) is 0. The van der Waals surface area contributed by atoms with Crippen molar-refractivity contribution in [2.75, 3.05) is 10.6 Å². The summed E-state index contributed by atoms with van der Waals surface area (Å²) in [6.45, 7) is 0. The number of anilines is 2. The first-order valence-corrected chi connectivity index (χ1v) is 9.25. The first-order valence-electron chi connectivity index (χ1n) is 9.25. The molecular weight excluding hydrogens is 397 g/mol. The highest BCUT2D eigenvalue weighted by atomic mass is 19.4. The van der Waals surface area contributed by atoms with Gasteiger partial charge in [-0.25, -0.2) is 0 Å². The monoisotopic (exact) mass is 414 g/mol. The van der Waals surface area contributed by atoms with E-state index in [4.69, 9.17) is 0 Å². The van der Waals surface area contributed by atoms with E-state index in [2.05, 4.69) is 20.8 Å². The third-order valence-corrected chi connectivity index (χ3v) is 4.72. The summed E-state index contributed by atoms with van der Waals surface area (Å²) in [6, 6.07) is 12.3. The molecule has 30 heavy (non-hydrogen) atoms. The average Bonchev–Trinajstić information content (AvgIpc) is 3.44. The summed E-state index contributed by atoms with van der Waals surface area (Å²) in [4.78, 5) is 25.2. The van der Waals surface area contributed by atoms with Gasteiger partial charge in [-0.15, -0.1) is 0 Å². The number of alkyl halides is 3. The standard InChI is InChI=1S/C21H17F3N4O2/c22-21(23,24)13-4-3-5-14(10-13)25-19(29)15-6-1-2-7-16(15)26-20(30)18-11-17(27-28-18)12-8-9-12/h1-7,10-12H,8-9H2,(H,25,29)(H,26,30)(H,27,28). The number of hydrogen-bond donors (Lipinski definition) is 3. The Balaban J connectivity index is 1.51. The Morgan fingerprint density at radius 2 is 1.73 bits per heavy atom. The van der Waals surface area contributed by atoms with Crippen LogP contribution < -0.4 is 10.6 Å². The lowest BCUT2D eigenvalue weighted by atomic mass is 10.1. The van der Waals surface area contributed by atoms with Crippen LogP contribution in [-0.4, -0.2) is 22.0 Å². The molecule has 2 amide bonds. The molecule has 0 unspecified atom stereocenters. The lowest BCUT2D eigenvalue weighted by Gasteiger charge is -2.12. The van der Waals surface area contributed by atoms with Gasteiger partial charge < -0.3 is 10.6 Å². The van der Waals surface area contributed by atoms with Crippen molar-refractivity contribution in [2.45, 2.75) is 24.9 Å². The van der Waals surface area contributed by atoms with Crippen molar-refractivity contribution < 1.29 is 22.8 Å². The molecule has 1 aliphatic carbocycles. The highest BCUT2D eigenvalue weighted by molar-refractivity contribution is 6.12. The van der Waals surface area contributed by atoms with Gasteiger partial charge in [0, 0.05) is 17.3 Å². The van der Waals surface area contributed by atoms with Crippen LogP contribution >= 0.6 is 0 Å². The van der Waals surface area contributed by atoms with Crippen LogP contribution in [0.2, 0.25) is 0 Å². The molecule has 154 valence electrons. The highest BCUT2D eigenvalue weighted by Crippen LogP contribution is 2.39. The summed E-state index contributed by atoms with van der Waals surface area (Å²) in [5.41, 5.74) is 0.564. The fourth-order valence-electron chi connectivity index (χ4n) is 3.00. The van der Waals surface area contributed by atoms with Gasteiger partial charge in [-0.05, 0) is 49.2 Å². The number of para-hydroxylation sites is 1. The molecule has 3 aromatic rings. The lowest BCUT2D eigenvalue weighted by molar-refractivity contribution is -0.137. The van der Waals surface area contributed by atoms with Crippen LogP contribution in [0.4, 0.5) is 24.5 Å². The number of rotatable bonds is 5. The van der Waals surface area contributed by atoms with E-state index in [-0.39, 0.29) is 22.6 Å². The molecule has 4 rings (SSSR count). The Morgan fingerprint density at radius 3 is 2.47 bits per heavy atom. The Hall–Kier alpha value is -3.62. The molecule has 1 aromatic heterocycles. The third-order valence-electron chi connectivity index (χ3n) is 4.72. The van der Waals surface area contributed by atoms with Crippen LogP contribution in [0.1, 0.15) is 50.9 Å². The van der Waals surface area contributed by atoms with Gasteiger partial charge in [-0.3, -0.25) is 14.7 Å². The smallest absolute Gasteiger partial charge is 0.322 e. The molecule has 0 aliphatic heterocycles. The maximum atomic E-state index is 12.9. The van der Waals surface area contributed by atoms with Crippen LogP contribution in [0.15, 0.2) is 54.6 Å². The molecule has 6 nitrogen and oxygen atoms in total. The number of hydrogen-bond acceptors (Lipinski definition) is 3. The minimum Gasteiger partial charge on any atom is -0.322 e. The number of carbonyl (C=O) groups is 2. The minimum absolute atomic E-state index is 0.00247. The van der Waals surface area contributed by atoms with Gasteiger partial charge in [0.25, 0.3) is 11.8 Å². The lowest BCUT2D eigenvalue weighted by Crippen LogP contribution is -2.18. The number of nitrogens with zero attached hydrogens (tertiary/aromatic N) is 1. The fourth-order valence-corrected chi connectivity index (χ4v) is 3.00. The maximum absolute atomic E-state index is 12.9. The van der Waals surface area contributed by atoms with Crippen LogP contribution in [-0.2, 0) is 6.18 Å². The first kappa shape index (κ1) is 19.7. The summed E-state index contributed by atoms with van der Waals surface area (Å²) in [5.74, 6) is -0.729. The predicted molar refractivity (Wildman–Crippen MR) is 104 cm³/mol. The Morgan fingerprint density at radius 1 is 0.967 bits per heavy atom. The van der Waals surface area contributed by atoms with Crippen molar-refractivity contribution in [1.82, 2.24) is 10.2 Å². The molecule has 0 saturated heterocycles. The summed E-state index contributed by atoms with van der Waals surface area (Å²) < 4.78 is 38.7. The van der Waals surface area contributed by atoms with Gasteiger partial charge in [0.1, 0.15) is 0 Å². The molecule has 1 fully saturated rings. The van der Waals surface area contributed by atoms with E-state index < -0.39 is 23.6 Å². The predicted octanol–water partition coefficient (Wildman–Crippen LogP) is 4.81. The van der Waals surface area contributed by atoms with E-state index in [9.17, 15) is 22.8 Å². The number of halogens is 3. The van der Waals surface area contributed by atoms with Crippen molar-refractivity contribution in [2.24, 2.45) is 0 Å². The largest absolute Gasteiger partial charge is 0.416 e. The highest BCUT2D eigenvalue weighted by Gasteiger charge is 2.30. The van der Waals surface area contributed by atoms with E-state index in [1.165, 1.54) is 24.3 Å². The topological polar surface area (TPSA) is 86.9 Å². The van der Waals surface area contributed by atoms with Gasteiger partial charge in [-0.1, -0.05) is 18.2 Å². The van der Waals surface area contributed by atoms with E-state index in [1.807, 2.05) is 0 Å². The SMILES string of the molecule is O=C(Nc1ccccc1C(=O)Nc1cccc(C(F)(F)F)c1)c1cc(C2CC2)[nH]n1. The minimum atomic E-state index is -4.52. The fraction of sp³-hybridized carbons (Fsp3) is 0.190. The van der Waals surface area contributed by atoms with E-state index >= 15 is 0 Å². The van der Waals surface area contributed by atoms with Crippen molar-refractivity contribution in [3.05, 3.63) is 77.1 Å². The zero-order valence-corrected chi connectivity index (χ0v) is 15.6. The normalized spacial score (nSPS) is 13.7. The van der Waals surface area contributed by atoms with Crippen molar-refractivity contribution in [1.29, 1.82) is 0 Å². The molecule has 9 heteroatoms. The van der Waals surface area contributed by atoms with E-state index in [1.54, 1.807) is 18.2 Å². The summed E-state index contributed by atoms with van der Waals surface area (Å²) >= 11 is 0. The summed E-state index contributed by atoms with van der Waals surface area (Å²) in [5, 5.41) is 11.9. The molecule has 0 bridgehead atoms. The third kappa shape index (κ3) is 4.35. The number of nitrogens with one attached hydrogen (secondary N) is 3. The molecule has 0 radical (unpaired) electrons. The van der Waals surface area contributed by atoms with Crippen LogP contribution in [0.3, 0.4) is 0 Å². The number of carbonyl (C=O) groups excluding carboxylic acids is 2. The van der Waals surface area contributed by atoms with E-state index in [0.717, 1.165) is 30.7 Å². The molecule has 0 atom stereocenters. The molecule has 1 heterocycles. The molecule has 3 N–H and O–H groups in total. The van der Waals surface area contributed by atoms with Crippen LogP contribution in [0.25, 0.3) is 0 Å². The van der Waals surface area contributed by atoms with Gasteiger partial charge in [0.2, 0.25) is 0 Å². The number of aromatic nitrogens is 2. The zero-order chi connectivity index (χ0) is 21.3. The van der Waals surface area contributed by atoms with Gasteiger partial charge in [0.05, 0.1) is 16.8 Å². The number of H-pyrrole nitrogens is 1. The Labute approximate surface area is 169 Å². The van der Waals surface area contributed by atoms with Crippen LogP contribution in [0.5, 0.6) is 0 Å². The summed E-state index contributed by atoms with van der Waals surface area (Å²) in [6.07, 6.45) is -2.40. The van der Waals surface area contributed by atoms with Crippen molar-refractivity contribution in [3.63, 3.8) is 0 Å². The Kier molecular flexibility index (Phi) is 5.03. The van der Waals surface area contributed by atoms with Gasteiger partial charge in [0.15, 0.2) is 5.69 Å². The number of amides is 2. The number of aromatic amines is 1. The molecule has 1 saturated carbocycles. The van der Waals surface area contributed by atoms with Gasteiger partial charge >= 0.3 is 6.18 Å². The number of benzene rings is 2. The maximum Gasteiger partial charge on any atom is 0.416 e. The molecule has 1 aliphatic rings. The second-order valence-corrected chi connectivity index (χ2v) is 7.02. The Bertz CT molecular complexity index is 1100. The molecular formula is C21H17F3N4O2. The van der Waals surface area contributed by atoms with Crippen molar-refractivity contribution in [3.8, 4) is 0 Å². The van der Waals surface area contributed by atoms with Crippen LogP contribution in [0, 0.1) is 0 Å². The first-order chi connectivity index (χ1) is 14.3. The quantitative estimate of drug-likeness (QED) is 0.560. The molecule has 2 aromatic carbocycles. The average molecular weight is 414 g/mol. The van der Waals surface area contributed by atoms with Crippen molar-refractivity contribution >= 4 is 23.2 Å². The van der Waals surface area contributed by atoms with Gasteiger partial charge in [-0.2, -0.15) is 18.3 Å². The molecule has 0 spiro atoms. The van der Waals surface area contributed by atoms with E-state index in [0.29, 0.717) is 5.92 Å². The zero-order valence-electron chi connectivity index (χ0n) is 15.6. The second kappa shape index (κ2) is 7.66.